The van der Waals surface area contributed by atoms with Crippen molar-refractivity contribution in [2.75, 3.05) is 18.6 Å². The third-order valence-electron chi connectivity index (χ3n) is 2.34. The molecule has 0 saturated heterocycles. The van der Waals surface area contributed by atoms with Crippen LogP contribution in [0, 0.1) is 0 Å². The molecule has 1 aromatic heterocycles. The minimum atomic E-state index is -2.90. The van der Waals surface area contributed by atoms with Crippen molar-refractivity contribution in [2.24, 2.45) is 0 Å². The van der Waals surface area contributed by atoms with Crippen molar-refractivity contribution in [3.63, 3.8) is 0 Å². The monoisotopic (exact) mass is 257 g/mol. The predicted molar refractivity (Wildman–Crippen MR) is 68.1 cm³/mol. The van der Waals surface area contributed by atoms with E-state index in [1.807, 2.05) is 12.1 Å². The third-order valence-corrected chi connectivity index (χ3v) is 3.37. The first-order valence-corrected chi connectivity index (χ1v) is 7.71. The van der Waals surface area contributed by atoms with Gasteiger partial charge in [0.1, 0.15) is 9.84 Å². The van der Waals surface area contributed by atoms with E-state index >= 15 is 0 Å². The van der Waals surface area contributed by atoms with Crippen LogP contribution in [0.5, 0.6) is 5.88 Å². The molecular weight excluding hydrogens is 238 g/mol. The number of pyridine rings is 1. The zero-order valence-corrected chi connectivity index (χ0v) is 11.3. The Balaban J connectivity index is 2.37. The lowest BCUT2D eigenvalue weighted by Crippen LogP contribution is -2.08. The molecule has 0 aromatic carbocycles. The molecule has 0 aliphatic rings. The Kier molecular flexibility index (Phi) is 4.93. The molecule has 0 atom stereocenters. The van der Waals surface area contributed by atoms with Crippen LogP contribution in [0.1, 0.15) is 31.7 Å². The quantitative estimate of drug-likeness (QED) is 0.732. The van der Waals surface area contributed by atoms with Gasteiger partial charge in [-0.15, -0.1) is 0 Å². The van der Waals surface area contributed by atoms with Gasteiger partial charge in [0.15, 0.2) is 0 Å². The molecule has 0 bridgehead atoms. The highest BCUT2D eigenvalue weighted by atomic mass is 32.2. The van der Waals surface area contributed by atoms with Crippen LogP contribution in [0.4, 0.5) is 0 Å². The summed E-state index contributed by atoms with van der Waals surface area (Å²) in [6.45, 7) is 4.58. The van der Waals surface area contributed by atoms with Crippen molar-refractivity contribution >= 4 is 9.84 Å². The fourth-order valence-electron chi connectivity index (χ4n) is 1.32. The molecule has 96 valence electrons. The van der Waals surface area contributed by atoms with Gasteiger partial charge in [-0.3, -0.25) is 0 Å². The Morgan fingerprint density at radius 1 is 1.35 bits per heavy atom. The largest absolute Gasteiger partial charge is 0.478 e. The molecule has 1 rings (SSSR count). The third kappa shape index (κ3) is 5.68. The molecule has 0 N–H and O–H groups in total. The average Bonchev–Trinajstić information content (AvgIpc) is 2.24. The summed E-state index contributed by atoms with van der Waals surface area (Å²) >= 11 is 0. The molecule has 0 saturated carbocycles. The first-order valence-electron chi connectivity index (χ1n) is 5.65. The first kappa shape index (κ1) is 14.0. The topological polar surface area (TPSA) is 56.3 Å². The van der Waals surface area contributed by atoms with Crippen LogP contribution < -0.4 is 4.74 Å². The van der Waals surface area contributed by atoms with Crippen molar-refractivity contribution in [3.8, 4) is 5.88 Å². The highest BCUT2D eigenvalue weighted by Gasteiger charge is 2.03. The van der Waals surface area contributed by atoms with Crippen molar-refractivity contribution in [1.29, 1.82) is 0 Å². The molecule has 4 nitrogen and oxygen atoms in total. The number of hydrogen-bond acceptors (Lipinski definition) is 4. The lowest BCUT2D eigenvalue weighted by atomic mass is 10.1. The van der Waals surface area contributed by atoms with E-state index in [1.54, 1.807) is 6.20 Å². The predicted octanol–water partition coefficient (Wildman–Crippen LogP) is 2.02. The van der Waals surface area contributed by atoms with Crippen molar-refractivity contribution < 1.29 is 13.2 Å². The van der Waals surface area contributed by atoms with E-state index in [0.29, 0.717) is 24.8 Å². The molecule has 1 heterocycles. The van der Waals surface area contributed by atoms with Gasteiger partial charge in [-0.2, -0.15) is 0 Å². The molecule has 1 aromatic rings. The minimum Gasteiger partial charge on any atom is -0.478 e. The van der Waals surface area contributed by atoms with Crippen LogP contribution in [0.3, 0.4) is 0 Å². The smallest absolute Gasteiger partial charge is 0.213 e. The van der Waals surface area contributed by atoms with E-state index < -0.39 is 9.84 Å². The van der Waals surface area contributed by atoms with Crippen LogP contribution >= 0.6 is 0 Å². The Morgan fingerprint density at radius 2 is 2.06 bits per heavy atom. The highest BCUT2D eigenvalue weighted by Crippen LogP contribution is 2.15. The zero-order valence-electron chi connectivity index (χ0n) is 10.5. The number of rotatable bonds is 6. The van der Waals surface area contributed by atoms with E-state index in [9.17, 15) is 8.42 Å². The summed E-state index contributed by atoms with van der Waals surface area (Å²) in [6, 6.07) is 3.79. The lowest BCUT2D eigenvalue weighted by molar-refractivity contribution is 0.305. The summed E-state index contributed by atoms with van der Waals surface area (Å²) in [4.78, 5) is 4.16. The van der Waals surface area contributed by atoms with Crippen LogP contribution in [0.2, 0.25) is 0 Å². The van der Waals surface area contributed by atoms with Gasteiger partial charge >= 0.3 is 0 Å². The van der Waals surface area contributed by atoms with Crippen LogP contribution in [0.15, 0.2) is 18.3 Å². The van der Waals surface area contributed by atoms with Crippen molar-refractivity contribution in [1.82, 2.24) is 4.98 Å². The minimum absolute atomic E-state index is 0.150. The summed E-state index contributed by atoms with van der Waals surface area (Å²) in [6.07, 6.45) is 3.51. The molecule has 0 amide bonds. The van der Waals surface area contributed by atoms with E-state index in [2.05, 4.69) is 18.8 Å². The second kappa shape index (κ2) is 6.00. The Labute approximate surface area is 103 Å². The molecule has 0 aliphatic carbocycles. The summed E-state index contributed by atoms with van der Waals surface area (Å²) in [5.41, 5.74) is 1.16. The van der Waals surface area contributed by atoms with E-state index in [1.165, 1.54) is 6.26 Å². The van der Waals surface area contributed by atoms with Crippen LogP contribution in [0.25, 0.3) is 0 Å². The molecule has 0 spiro atoms. The van der Waals surface area contributed by atoms with Gasteiger partial charge in [0.2, 0.25) is 5.88 Å². The molecule has 0 unspecified atom stereocenters. The van der Waals surface area contributed by atoms with Gasteiger partial charge in [0, 0.05) is 18.5 Å². The summed E-state index contributed by atoms with van der Waals surface area (Å²) in [5, 5.41) is 0. The summed E-state index contributed by atoms with van der Waals surface area (Å²) in [5.74, 6) is 1.14. The maximum atomic E-state index is 10.9. The molecule has 17 heavy (non-hydrogen) atoms. The Hall–Kier alpha value is -1.10. The molecule has 5 heteroatoms. The second-order valence-corrected chi connectivity index (χ2v) is 6.68. The Morgan fingerprint density at radius 3 is 2.53 bits per heavy atom. The van der Waals surface area contributed by atoms with Crippen LogP contribution in [-0.2, 0) is 9.84 Å². The first-order chi connectivity index (χ1) is 7.88. The van der Waals surface area contributed by atoms with Gasteiger partial charge in [-0.05, 0) is 17.9 Å². The van der Waals surface area contributed by atoms with Gasteiger partial charge in [0.05, 0.1) is 12.4 Å². The fourth-order valence-corrected chi connectivity index (χ4v) is 1.96. The van der Waals surface area contributed by atoms with Gasteiger partial charge in [0.25, 0.3) is 0 Å². The number of nitrogens with zero attached hydrogens (tertiary/aromatic N) is 1. The van der Waals surface area contributed by atoms with E-state index in [-0.39, 0.29) is 5.75 Å². The van der Waals surface area contributed by atoms with E-state index in [4.69, 9.17) is 4.74 Å². The molecular formula is C12H19NO3S. The van der Waals surface area contributed by atoms with E-state index in [0.717, 1.165) is 5.56 Å². The summed E-state index contributed by atoms with van der Waals surface area (Å²) in [7, 11) is -2.90. The number of hydrogen-bond donors (Lipinski definition) is 0. The van der Waals surface area contributed by atoms with Crippen LogP contribution in [-0.4, -0.2) is 32.0 Å². The lowest BCUT2D eigenvalue weighted by Gasteiger charge is -2.07. The number of ether oxygens (including phenoxy) is 1. The number of aromatic nitrogens is 1. The van der Waals surface area contributed by atoms with Gasteiger partial charge in [-0.25, -0.2) is 13.4 Å². The van der Waals surface area contributed by atoms with Crippen molar-refractivity contribution in [2.45, 2.75) is 26.2 Å². The normalized spacial score (nSPS) is 11.8. The fraction of sp³-hybridized carbons (Fsp3) is 0.583. The van der Waals surface area contributed by atoms with Gasteiger partial charge in [-0.1, -0.05) is 19.9 Å². The summed E-state index contributed by atoms with van der Waals surface area (Å²) < 4.78 is 27.1. The van der Waals surface area contributed by atoms with Gasteiger partial charge < -0.3 is 4.74 Å². The second-order valence-electron chi connectivity index (χ2n) is 4.42. The maximum absolute atomic E-state index is 10.9. The highest BCUT2D eigenvalue weighted by molar-refractivity contribution is 7.90. The average molecular weight is 257 g/mol. The molecule has 0 aliphatic heterocycles. The molecule has 0 fully saturated rings. The molecule has 0 radical (unpaired) electrons. The zero-order chi connectivity index (χ0) is 12.9. The van der Waals surface area contributed by atoms with Crippen molar-refractivity contribution in [3.05, 3.63) is 23.9 Å². The number of sulfone groups is 1. The SMILES string of the molecule is CC(C)c1ccc(OCCCS(C)(=O)=O)nc1. The standard InChI is InChI=1S/C12H19NO3S/c1-10(2)11-5-6-12(13-9-11)16-7-4-8-17(3,14)15/h5-6,9-10H,4,7-8H2,1-3H3. The maximum Gasteiger partial charge on any atom is 0.213 e. The Bertz CT molecular complexity index is 437.